The molecule has 0 saturated carbocycles. The van der Waals surface area contributed by atoms with E-state index in [0.29, 0.717) is 17.9 Å². The van der Waals surface area contributed by atoms with E-state index in [0.717, 1.165) is 12.0 Å². The third-order valence-corrected chi connectivity index (χ3v) is 1.95. The summed E-state index contributed by atoms with van der Waals surface area (Å²) in [5, 5.41) is 0. The van der Waals surface area contributed by atoms with Crippen LogP contribution in [0.15, 0.2) is 18.2 Å². The maximum Gasteiger partial charge on any atom is 0.338 e. The number of hydrogen-bond acceptors (Lipinski definition) is 3. The minimum Gasteiger partial charge on any atom is -0.462 e. The number of fused-ring (bicyclic) bond motifs is 1. The molecule has 1 heterocycles. The summed E-state index contributed by atoms with van der Waals surface area (Å²) in [6.45, 7) is 0.468. The highest BCUT2D eigenvalue weighted by molar-refractivity contribution is 5.92. The van der Waals surface area contributed by atoms with Gasteiger partial charge in [-0.1, -0.05) is 0 Å². The molecule has 2 rings (SSSR count). The average molecular weight is 163 g/mol. The van der Waals surface area contributed by atoms with Crippen molar-refractivity contribution in [2.75, 3.05) is 12.3 Å². The fourth-order valence-corrected chi connectivity index (χ4v) is 1.35. The summed E-state index contributed by atoms with van der Waals surface area (Å²) in [4.78, 5) is 11.1. The van der Waals surface area contributed by atoms with Gasteiger partial charge in [0.05, 0.1) is 12.2 Å². The number of nitrogens with two attached hydrogens (primary N) is 1. The Hall–Kier alpha value is -1.51. The Kier molecular flexibility index (Phi) is 1.50. The Morgan fingerprint density at radius 2 is 2.25 bits per heavy atom. The summed E-state index contributed by atoms with van der Waals surface area (Å²) in [6, 6.07) is 5.26. The lowest BCUT2D eigenvalue weighted by Gasteiger charge is -2.15. The van der Waals surface area contributed by atoms with Crippen LogP contribution in [0.4, 0.5) is 5.69 Å². The summed E-state index contributed by atoms with van der Waals surface area (Å²) < 4.78 is 4.86. The van der Waals surface area contributed by atoms with E-state index < -0.39 is 0 Å². The average Bonchev–Trinajstić information content (AvgIpc) is 2.04. The lowest BCUT2D eigenvalue weighted by molar-refractivity contribution is 0.0480. The zero-order valence-electron chi connectivity index (χ0n) is 6.54. The van der Waals surface area contributed by atoms with E-state index in [2.05, 4.69) is 0 Å². The Bertz CT molecular complexity index is 333. The molecule has 1 aliphatic rings. The Morgan fingerprint density at radius 1 is 1.42 bits per heavy atom. The molecule has 0 spiro atoms. The predicted octanol–water partition coefficient (Wildman–Crippen LogP) is 0.982. The van der Waals surface area contributed by atoms with E-state index in [1.165, 1.54) is 0 Å². The first-order chi connectivity index (χ1) is 5.77. The van der Waals surface area contributed by atoms with Crippen molar-refractivity contribution in [2.45, 2.75) is 6.42 Å². The standard InChI is InChI=1S/C9H9NO2/c10-7-1-2-8-6(5-7)3-4-12-9(8)11/h1-2,5H,3-4,10H2. The number of ether oxygens (including phenoxy) is 1. The first-order valence-electron chi connectivity index (χ1n) is 3.83. The molecular formula is C9H9NO2. The lowest BCUT2D eigenvalue weighted by atomic mass is 10.0. The van der Waals surface area contributed by atoms with Gasteiger partial charge in [0, 0.05) is 12.1 Å². The molecule has 1 aliphatic heterocycles. The number of anilines is 1. The molecule has 0 fully saturated rings. The zero-order chi connectivity index (χ0) is 8.55. The van der Waals surface area contributed by atoms with Gasteiger partial charge in [0.25, 0.3) is 0 Å². The quantitative estimate of drug-likeness (QED) is 0.458. The highest BCUT2D eigenvalue weighted by atomic mass is 16.5. The van der Waals surface area contributed by atoms with Crippen molar-refractivity contribution in [3.63, 3.8) is 0 Å². The molecule has 1 aromatic carbocycles. The van der Waals surface area contributed by atoms with E-state index >= 15 is 0 Å². The molecule has 3 heteroatoms. The Balaban J connectivity index is 2.53. The van der Waals surface area contributed by atoms with Crippen molar-refractivity contribution >= 4 is 11.7 Å². The number of carbonyl (C=O) groups excluding carboxylic acids is 1. The van der Waals surface area contributed by atoms with Gasteiger partial charge in [-0.05, 0) is 23.8 Å². The van der Waals surface area contributed by atoms with Crippen molar-refractivity contribution in [3.8, 4) is 0 Å². The minimum atomic E-state index is -0.240. The second-order valence-corrected chi connectivity index (χ2v) is 2.80. The van der Waals surface area contributed by atoms with Gasteiger partial charge in [-0.2, -0.15) is 0 Å². The largest absolute Gasteiger partial charge is 0.462 e. The van der Waals surface area contributed by atoms with E-state index in [-0.39, 0.29) is 5.97 Å². The fraction of sp³-hybridized carbons (Fsp3) is 0.222. The van der Waals surface area contributed by atoms with E-state index in [4.69, 9.17) is 10.5 Å². The van der Waals surface area contributed by atoms with Crippen molar-refractivity contribution < 1.29 is 9.53 Å². The van der Waals surface area contributed by atoms with Crippen LogP contribution in [0, 0.1) is 0 Å². The molecule has 0 unspecified atom stereocenters. The molecule has 0 saturated heterocycles. The molecule has 2 N–H and O–H groups in total. The van der Waals surface area contributed by atoms with Crippen LogP contribution in [-0.2, 0) is 11.2 Å². The molecule has 0 radical (unpaired) electrons. The van der Waals surface area contributed by atoms with Gasteiger partial charge in [-0.15, -0.1) is 0 Å². The van der Waals surface area contributed by atoms with E-state index in [1.807, 2.05) is 6.07 Å². The third-order valence-electron chi connectivity index (χ3n) is 1.95. The maximum absolute atomic E-state index is 11.1. The minimum absolute atomic E-state index is 0.240. The van der Waals surface area contributed by atoms with Crippen LogP contribution in [0.5, 0.6) is 0 Å². The molecular weight excluding hydrogens is 154 g/mol. The van der Waals surface area contributed by atoms with Gasteiger partial charge in [0.15, 0.2) is 0 Å². The number of nitrogen functional groups attached to an aromatic ring is 1. The predicted molar refractivity (Wildman–Crippen MR) is 44.8 cm³/mol. The van der Waals surface area contributed by atoms with Gasteiger partial charge >= 0.3 is 5.97 Å². The highest BCUT2D eigenvalue weighted by Gasteiger charge is 2.17. The second kappa shape index (κ2) is 2.52. The zero-order valence-corrected chi connectivity index (χ0v) is 6.54. The van der Waals surface area contributed by atoms with Crippen LogP contribution in [0.2, 0.25) is 0 Å². The van der Waals surface area contributed by atoms with Crippen molar-refractivity contribution in [1.29, 1.82) is 0 Å². The van der Waals surface area contributed by atoms with Crippen molar-refractivity contribution in [1.82, 2.24) is 0 Å². The number of esters is 1. The lowest BCUT2D eigenvalue weighted by Crippen LogP contribution is -2.17. The molecule has 0 bridgehead atoms. The van der Waals surface area contributed by atoms with Crippen LogP contribution >= 0.6 is 0 Å². The van der Waals surface area contributed by atoms with Gasteiger partial charge in [-0.3, -0.25) is 0 Å². The molecule has 1 aromatic rings. The summed E-state index contributed by atoms with van der Waals surface area (Å²) in [5.74, 6) is -0.240. The first-order valence-corrected chi connectivity index (χ1v) is 3.83. The van der Waals surface area contributed by atoms with Crippen LogP contribution in [0.1, 0.15) is 15.9 Å². The maximum atomic E-state index is 11.1. The Morgan fingerprint density at radius 3 is 3.08 bits per heavy atom. The first kappa shape index (κ1) is 7.16. The summed E-state index contributed by atoms with van der Waals surface area (Å²) in [7, 11) is 0. The smallest absolute Gasteiger partial charge is 0.338 e. The highest BCUT2D eigenvalue weighted by Crippen LogP contribution is 2.18. The topological polar surface area (TPSA) is 52.3 Å². The molecule has 0 amide bonds. The monoisotopic (exact) mass is 163 g/mol. The second-order valence-electron chi connectivity index (χ2n) is 2.80. The summed E-state index contributed by atoms with van der Waals surface area (Å²) >= 11 is 0. The SMILES string of the molecule is Nc1ccc2c(c1)CCOC2=O. The number of hydrogen-bond donors (Lipinski definition) is 1. The van der Waals surface area contributed by atoms with Gasteiger partial charge in [-0.25, -0.2) is 4.79 Å². The van der Waals surface area contributed by atoms with Crippen LogP contribution < -0.4 is 5.73 Å². The van der Waals surface area contributed by atoms with E-state index in [1.54, 1.807) is 12.1 Å². The molecule has 0 aliphatic carbocycles. The molecule has 3 nitrogen and oxygen atoms in total. The Labute approximate surface area is 70.1 Å². The summed E-state index contributed by atoms with van der Waals surface area (Å²) in [5.41, 5.74) is 7.91. The molecule has 62 valence electrons. The molecule has 0 aromatic heterocycles. The number of carbonyl (C=O) groups is 1. The van der Waals surface area contributed by atoms with Gasteiger partial charge < -0.3 is 10.5 Å². The molecule has 12 heavy (non-hydrogen) atoms. The summed E-state index contributed by atoms with van der Waals surface area (Å²) in [6.07, 6.45) is 0.770. The van der Waals surface area contributed by atoms with Crippen LogP contribution in [0.25, 0.3) is 0 Å². The van der Waals surface area contributed by atoms with Crippen molar-refractivity contribution in [3.05, 3.63) is 29.3 Å². The van der Waals surface area contributed by atoms with Crippen LogP contribution in [0.3, 0.4) is 0 Å². The number of benzene rings is 1. The van der Waals surface area contributed by atoms with Crippen LogP contribution in [-0.4, -0.2) is 12.6 Å². The van der Waals surface area contributed by atoms with Crippen molar-refractivity contribution in [2.24, 2.45) is 0 Å². The number of rotatable bonds is 0. The fourth-order valence-electron chi connectivity index (χ4n) is 1.35. The van der Waals surface area contributed by atoms with E-state index in [9.17, 15) is 4.79 Å². The van der Waals surface area contributed by atoms with Gasteiger partial charge in [0.1, 0.15) is 0 Å². The normalized spacial score (nSPS) is 15.2. The number of cyclic esters (lactones) is 1. The van der Waals surface area contributed by atoms with Gasteiger partial charge in [0.2, 0.25) is 0 Å². The molecule has 0 atom stereocenters. The third kappa shape index (κ3) is 1.03.